The molecule has 1 aliphatic heterocycles. The molecule has 1 N–H and O–H groups in total. The van der Waals surface area contributed by atoms with Crippen molar-refractivity contribution in [3.63, 3.8) is 0 Å². The topological polar surface area (TPSA) is 54.3 Å². The average molecular weight is 337 g/mol. The first-order valence-corrected chi connectivity index (χ1v) is 8.69. The smallest absolute Gasteiger partial charge is 0.152 e. The lowest BCUT2D eigenvalue weighted by Gasteiger charge is -2.17. The summed E-state index contributed by atoms with van der Waals surface area (Å²) in [7, 11) is 1.74. The van der Waals surface area contributed by atoms with Gasteiger partial charge in [-0.05, 0) is 43.7 Å². The standard InChI is InChI=1S/C20H23N3O2/c1-14-7-8-19(25-14)20-16(11-21-22-20)13-23-10-9-15(12-23)17-5-3-4-6-18(17)24-2/h3-8,11,15H,9-10,12-13H2,1-2H3,(H,21,22). The van der Waals surface area contributed by atoms with Crippen molar-refractivity contribution in [3.8, 4) is 17.2 Å². The molecule has 0 aliphatic carbocycles. The monoisotopic (exact) mass is 337 g/mol. The number of furan rings is 1. The normalized spacial score (nSPS) is 17.9. The molecule has 0 spiro atoms. The molecule has 1 unspecified atom stereocenters. The third-order valence-electron chi connectivity index (χ3n) is 4.95. The predicted molar refractivity (Wildman–Crippen MR) is 96.7 cm³/mol. The van der Waals surface area contributed by atoms with E-state index >= 15 is 0 Å². The molecule has 0 amide bonds. The number of methoxy groups -OCH3 is 1. The average Bonchev–Trinajstić information content (AvgIpc) is 3.36. The fraction of sp³-hybridized carbons (Fsp3) is 0.350. The van der Waals surface area contributed by atoms with Gasteiger partial charge in [0.1, 0.15) is 17.2 Å². The van der Waals surface area contributed by atoms with E-state index in [1.165, 1.54) is 11.1 Å². The van der Waals surface area contributed by atoms with Gasteiger partial charge >= 0.3 is 0 Å². The number of ether oxygens (including phenoxy) is 1. The number of benzene rings is 1. The second-order valence-corrected chi connectivity index (χ2v) is 6.64. The molecule has 3 heterocycles. The second-order valence-electron chi connectivity index (χ2n) is 6.64. The van der Waals surface area contributed by atoms with E-state index in [4.69, 9.17) is 9.15 Å². The molecule has 130 valence electrons. The van der Waals surface area contributed by atoms with Crippen molar-refractivity contribution < 1.29 is 9.15 Å². The summed E-state index contributed by atoms with van der Waals surface area (Å²) in [6.07, 6.45) is 3.05. The van der Waals surface area contributed by atoms with Gasteiger partial charge in [0.25, 0.3) is 0 Å². The fourth-order valence-corrected chi connectivity index (χ4v) is 3.69. The van der Waals surface area contributed by atoms with Gasteiger partial charge < -0.3 is 9.15 Å². The van der Waals surface area contributed by atoms with Gasteiger partial charge in [-0.2, -0.15) is 5.10 Å². The quantitative estimate of drug-likeness (QED) is 0.765. The van der Waals surface area contributed by atoms with E-state index in [1.807, 2.05) is 37.4 Å². The molecule has 0 saturated carbocycles. The molecule has 3 aromatic rings. The highest BCUT2D eigenvalue weighted by Crippen LogP contribution is 2.34. The van der Waals surface area contributed by atoms with Crippen molar-refractivity contribution in [3.05, 3.63) is 59.5 Å². The minimum absolute atomic E-state index is 0.511. The molecule has 4 rings (SSSR count). The van der Waals surface area contributed by atoms with Crippen molar-refractivity contribution in [2.45, 2.75) is 25.8 Å². The number of aromatic amines is 1. The molecule has 2 aromatic heterocycles. The van der Waals surface area contributed by atoms with Gasteiger partial charge in [-0.3, -0.25) is 10.00 Å². The molecule has 1 saturated heterocycles. The molecule has 5 nitrogen and oxygen atoms in total. The van der Waals surface area contributed by atoms with E-state index in [0.29, 0.717) is 5.92 Å². The number of nitrogens with one attached hydrogen (secondary N) is 1. The Labute approximate surface area is 147 Å². The molecule has 0 radical (unpaired) electrons. The van der Waals surface area contributed by atoms with Gasteiger partial charge in [0.15, 0.2) is 5.76 Å². The van der Waals surface area contributed by atoms with Crippen LogP contribution in [0.15, 0.2) is 47.0 Å². The SMILES string of the molecule is COc1ccccc1C1CCN(Cc2cn[nH]c2-c2ccc(C)o2)C1. The van der Waals surface area contributed by atoms with Crippen molar-refractivity contribution in [1.82, 2.24) is 15.1 Å². The third kappa shape index (κ3) is 3.20. The first-order chi connectivity index (χ1) is 12.2. The Morgan fingerprint density at radius 3 is 2.96 bits per heavy atom. The molecule has 1 fully saturated rings. The van der Waals surface area contributed by atoms with Crippen LogP contribution >= 0.6 is 0 Å². The van der Waals surface area contributed by atoms with E-state index in [1.54, 1.807) is 7.11 Å². The molecule has 0 bridgehead atoms. The lowest BCUT2D eigenvalue weighted by molar-refractivity contribution is 0.325. The van der Waals surface area contributed by atoms with Crippen LogP contribution in [0.4, 0.5) is 0 Å². The molecule has 25 heavy (non-hydrogen) atoms. The Balaban J connectivity index is 1.48. The maximum Gasteiger partial charge on any atom is 0.152 e. The van der Waals surface area contributed by atoms with Crippen LogP contribution in [-0.2, 0) is 6.54 Å². The lowest BCUT2D eigenvalue weighted by atomic mass is 9.97. The molecule has 1 atom stereocenters. The van der Waals surface area contributed by atoms with Crippen molar-refractivity contribution in [2.75, 3.05) is 20.2 Å². The van der Waals surface area contributed by atoms with Gasteiger partial charge in [-0.1, -0.05) is 18.2 Å². The highest BCUT2D eigenvalue weighted by molar-refractivity contribution is 5.56. The van der Waals surface area contributed by atoms with Crippen LogP contribution < -0.4 is 4.74 Å². The lowest BCUT2D eigenvalue weighted by Crippen LogP contribution is -2.20. The summed E-state index contributed by atoms with van der Waals surface area (Å²) < 4.78 is 11.3. The number of nitrogens with zero attached hydrogens (tertiary/aromatic N) is 2. The maximum absolute atomic E-state index is 5.75. The maximum atomic E-state index is 5.75. The molecular weight excluding hydrogens is 314 g/mol. The number of likely N-dealkylation sites (tertiary alicyclic amines) is 1. The van der Waals surface area contributed by atoms with E-state index in [9.17, 15) is 0 Å². The minimum atomic E-state index is 0.511. The van der Waals surface area contributed by atoms with Gasteiger partial charge in [-0.25, -0.2) is 0 Å². The summed E-state index contributed by atoms with van der Waals surface area (Å²) in [5.41, 5.74) is 3.46. The van der Waals surface area contributed by atoms with Crippen LogP contribution in [0.5, 0.6) is 5.75 Å². The van der Waals surface area contributed by atoms with Crippen LogP contribution in [-0.4, -0.2) is 35.3 Å². The van der Waals surface area contributed by atoms with Crippen LogP contribution in [0.25, 0.3) is 11.5 Å². The molecule has 5 heteroatoms. The number of hydrogen-bond acceptors (Lipinski definition) is 4. The first-order valence-electron chi connectivity index (χ1n) is 8.69. The third-order valence-corrected chi connectivity index (χ3v) is 4.95. The number of rotatable bonds is 5. The summed E-state index contributed by atoms with van der Waals surface area (Å²) in [5.74, 6) is 3.26. The summed E-state index contributed by atoms with van der Waals surface area (Å²) in [6.45, 7) is 4.93. The van der Waals surface area contributed by atoms with Crippen LogP contribution in [0, 0.1) is 6.92 Å². The highest BCUT2D eigenvalue weighted by Gasteiger charge is 2.27. The number of H-pyrrole nitrogens is 1. The van der Waals surface area contributed by atoms with E-state index in [0.717, 1.165) is 49.0 Å². The van der Waals surface area contributed by atoms with Gasteiger partial charge in [0.2, 0.25) is 0 Å². The number of hydrogen-bond donors (Lipinski definition) is 1. The Kier molecular flexibility index (Phi) is 4.32. The summed E-state index contributed by atoms with van der Waals surface area (Å²) >= 11 is 0. The van der Waals surface area contributed by atoms with E-state index < -0.39 is 0 Å². The predicted octanol–water partition coefficient (Wildman–Crippen LogP) is 3.98. The Morgan fingerprint density at radius 1 is 1.28 bits per heavy atom. The number of aromatic nitrogens is 2. The minimum Gasteiger partial charge on any atom is -0.496 e. The summed E-state index contributed by atoms with van der Waals surface area (Å²) in [5, 5.41) is 7.30. The Hall–Kier alpha value is -2.53. The summed E-state index contributed by atoms with van der Waals surface area (Å²) in [6, 6.07) is 12.3. The van der Waals surface area contributed by atoms with Crippen molar-refractivity contribution in [2.24, 2.45) is 0 Å². The largest absolute Gasteiger partial charge is 0.496 e. The number of aryl methyl sites for hydroxylation is 1. The van der Waals surface area contributed by atoms with Gasteiger partial charge in [0.05, 0.1) is 13.3 Å². The highest BCUT2D eigenvalue weighted by atomic mass is 16.5. The summed E-state index contributed by atoms with van der Waals surface area (Å²) in [4.78, 5) is 2.47. The van der Waals surface area contributed by atoms with Crippen molar-refractivity contribution in [1.29, 1.82) is 0 Å². The van der Waals surface area contributed by atoms with E-state index in [-0.39, 0.29) is 0 Å². The molecular formula is C20H23N3O2. The zero-order valence-corrected chi connectivity index (χ0v) is 14.7. The Morgan fingerprint density at radius 2 is 2.16 bits per heavy atom. The number of para-hydroxylation sites is 1. The van der Waals surface area contributed by atoms with E-state index in [2.05, 4.69) is 27.2 Å². The molecule has 1 aromatic carbocycles. The van der Waals surface area contributed by atoms with Crippen LogP contribution in [0.1, 0.15) is 29.2 Å². The van der Waals surface area contributed by atoms with Crippen LogP contribution in [0.2, 0.25) is 0 Å². The van der Waals surface area contributed by atoms with Crippen LogP contribution in [0.3, 0.4) is 0 Å². The zero-order valence-electron chi connectivity index (χ0n) is 14.7. The van der Waals surface area contributed by atoms with Gasteiger partial charge in [0, 0.05) is 24.6 Å². The first kappa shape index (κ1) is 16.0. The fourth-order valence-electron chi connectivity index (χ4n) is 3.69. The van der Waals surface area contributed by atoms with Gasteiger partial charge in [-0.15, -0.1) is 0 Å². The van der Waals surface area contributed by atoms with Crippen molar-refractivity contribution >= 4 is 0 Å². The Bertz CT molecular complexity index is 852. The molecule has 1 aliphatic rings. The second kappa shape index (κ2) is 6.76. The zero-order chi connectivity index (χ0) is 17.2.